The molecule has 0 radical (unpaired) electrons. The number of hydrogen-bond donors (Lipinski definition) is 4. The molecule has 0 bridgehead atoms. The number of nitrogens with two attached hydrogens (primary N) is 1. The lowest BCUT2D eigenvalue weighted by Gasteiger charge is -2.22. The van der Waals surface area contributed by atoms with E-state index in [0.29, 0.717) is 11.4 Å². The van der Waals surface area contributed by atoms with Crippen molar-refractivity contribution in [3.05, 3.63) is 23.8 Å². The zero-order valence-electron chi connectivity index (χ0n) is 16.8. The van der Waals surface area contributed by atoms with Gasteiger partial charge in [0.25, 0.3) is 0 Å². The summed E-state index contributed by atoms with van der Waals surface area (Å²) in [4.78, 5) is 46.1. The zero-order chi connectivity index (χ0) is 21.4. The van der Waals surface area contributed by atoms with Crippen molar-refractivity contribution in [2.45, 2.75) is 46.8 Å². The standard InChI is InChI=1S/C19H28N4O5/c1-10(2)18(28-13(5)25)14-6-7-16(15(20)8-14)23-19(27)11(3)22-17(26)9-21-12(4)24/h6-8,10-11,18H,9,20H2,1-5H3,(H,21,24)(H,22,26)(H,23,27). The molecule has 0 spiro atoms. The molecule has 9 heteroatoms. The Morgan fingerprint density at radius 1 is 1.11 bits per heavy atom. The maximum Gasteiger partial charge on any atom is 0.303 e. The lowest BCUT2D eigenvalue weighted by molar-refractivity contribution is -0.149. The number of benzene rings is 1. The Morgan fingerprint density at radius 3 is 2.25 bits per heavy atom. The van der Waals surface area contributed by atoms with Crippen molar-refractivity contribution in [2.24, 2.45) is 5.92 Å². The third-order valence-electron chi connectivity index (χ3n) is 3.83. The predicted molar refractivity (Wildman–Crippen MR) is 105 cm³/mol. The fraction of sp³-hybridized carbons (Fsp3) is 0.474. The number of esters is 1. The van der Waals surface area contributed by atoms with E-state index in [9.17, 15) is 19.2 Å². The molecular formula is C19H28N4O5. The van der Waals surface area contributed by atoms with E-state index in [1.807, 2.05) is 13.8 Å². The van der Waals surface area contributed by atoms with Crippen LogP contribution in [0.25, 0.3) is 0 Å². The van der Waals surface area contributed by atoms with Gasteiger partial charge in [-0.25, -0.2) is 0 Å². The molecule has 2 unspecified atom stereocenters. The topological polar surface area (TPSA) is 140 Å². The third-order valence-corrected chi connectivity index (χ3v) is 3.83. The Labute approximate surface area is 164 Å². The van der Waals surface area contributed by atoms with Crippen LogP contribution in [0.2, 0.25) is 0 Å². The van der Waals surface area contributed by atoms with E-state index in [0.717, 1.165) is 5.56 Å². The smallest absolute Gasteiger partial charge is 0.303 e. The second-order valence-corrected chi connectivity index (χ2v) is 6.81. The van der Waals surface area contributed by atoms with Crippen LogP contribution in [0.4, 0.5) is 11.4 Å². The van der Waals surface area contributed by atoms with Gasteiger partial charge in [0.2, 0.25) is 17.7 Å². The second kappa shape index (κ2) is 10.3. The van der Waals surface area contributed by atoms with Crippen molar-refractivity contribution in [1.82, 2.24) is 10.6 Å². The number of ether oxygens (including phenoxy) is 1. The molecule has 0 heterocycles. The minimum Gasteiger partial charge on any atom is -0.457 e. The normalized spacial score (nSPS) is 12.6. The molecule has 5 N–H and O–H groups in total. The molecular weight excluding hydrogens is 364 g/mol. The molecule has 0 aliphatic carbocycles. The first kappa shape index (κ1) is 22.9. The number of anilines is 2. The molecule has 9 nitrogen and oxygen atoms in total. The average Bonchev–Trinajstić information content (AvgIpc) is 2.59. The SMILES string of the molecule is CC(=O)NCC(=O)NC(C)C(=O)Nc1ccc(C(OC(C)=O)C(C)C)cc1N. The van der Waals surface area contributed by atoms with E-state index in [4.69, 9.17) is 10.5 Å². The quantitative estimate of drug-likeness (QED) is 0.386. The Hall–Kier alpha value is -3.10. The van der Waals surface area contributed by atoms with Crippen LogP contribution in [-0.4, -0.2) is 36.3 Å². The maximum absolute atomic E-state index is 12.3. The lowest BCUT2D eigenvalue weighted by Crippen LogP contribution is -2.45. The summed E-state index contributed by atoms with van der Waals surface area (Å²) in [6, 6.07) is 4.15. The van der Waals surface area contributed by atoms with Gasteiger partial charge in [0.1, 0.15) is 12.1 Å². The Bertz CT molecular complexity index is 748. The van der Waals surface area contributed by atoms with Crippen molar-refractivity contribution in [3.8, 4) is 0 Å². The van der Waals surface area contributed by atoms with Gasteiger partial charge in [-0.05, 0) is 30.5 Å². The van der Waals surface area contributed by atoms with Gasteiger partial charge in [0.15, 0.2) is 0 Å². The predicted octanol–water partition coefficient (Wildman–Crippen LogP) is 1.11. The second-order valence-electron chi connectivity index (χ2n) is 6.81. The number of hydrogen-bond acceptors (Lipinski definition) is 6. The van der Waals surface area contributed by atoms with Crippen LogP contribution in [0.15, 0.2) is 18.2 Å². The molecule has 0 aromatic heterocycles. The highest BCUT2D eigenvalue weighted by Gasteiger charge is 2.21. The average molecular weight is 392 g/mol. The maximum atomic E-state index is 12.3. The number of amides is 3. The number of carbonyl (C=O) groups excluding carboxylic acids is 4. The van der Waals surface area contributed by atoms with E-state index in [-0.39, 0.29) is 18.4 Å². The van der Waals surface area contributed by atoms with Gasteiger partial charge in [-0.15, -0.1) is 0 Å². The van der Waals surface area contributed by atoms with E-state index < -0.39 is 29.9 Å². The van der Waals surface area contributed by atoms with Gasteiger partial charge >= 0.3 is 5.97 Å². The number of nitrogen functional groups attached to an aromatic ring is 1. The summed E-state index contributed by atoms with van der Waals surface area (Å²) in [5.41, 5.74) is 7.43. The van der Waals surface area contributed by atoms with Crippen LogP contribution in [0.1, 0.15) is 46.3 Å². The molecule has 0 aliphatic heterocycles. The Morgan fingerprint density at radius 2 is 1.75 bits per heavy atom. The van der Waals surface area contributed by atoms with E-state index in [1.165, 1.54) is 20.8 Å². The third kappa shape index (κ3) is 7.26. The molecule has 0 saturated heterocycles. The molecule has 2 atom stereocenters. The van der Waals surface area contributed by atoms with Gasteiger partial charge in [0.05, 0.1) is 17.9 Å². The molecule has 154 valence electrons. The van der Waals surface area contributed by atoms with Gasteiger partial charge < -0.3 is 26.4 Å². The van der Waals surface area contributed by atoms with Crippen molar-refractivity contribution < 1.29 is 23.9 Å². The zero-order valence-corrected chi connectivity index (χ0v) is 16.8. The minimum absolute atomic E-state index is 0.0441. The van der Waals surface area contributed by atoms with E-state index >= 15 is 0 Å². The lowest BCUT2D eigenvalue weighted by atomic mass is 9.98. The van der Waals surface area contributed by atoms with Crippen molar-refractivity contribution in [2.75, 3.05) is 17.6 Å². The number of carbonyl (C=O) groups is 4. The fourth-order valence-electron chi connectivity index (χ4n) is 2.44. The summed E-state index contributed by atoms with van der Waals surface area (Å²) in [6.07, 6.45) is -0.448. The first-order valence-corrected chi connectivity index (χ1v) is 8.92. The monoisotopic (exact) mass is 392 g/mol. The van der Waals surface area contributed by atoms with Crippen LogP contribution in [0, 0.1) is 5.92 Å². The number of rotatable bonds is 8. The van der Waals surface area contributed by atoms with Crippen LogP contribution >= 0.6 is 0 Å². The van der Waals surface area contributed by atoms with Crippen molar-refractivity contribution in [1.29, 1.82) is 0 Å². The Balaban J connectivity index is 2.78. The van der Waals surface area contributed by atoms with Crippen LogP contribution in [-0.2, 0) is 23.9 Å². The molecule has 1 aromatic carbocycles. The van der Waals surface area contributed by atoms with E-state index in [1.54, 1.807) is 18.2 Å². The highest BCUT2D eigenvalue weighted by Crippen LogP contribution is 2.30. The largest absolute Gasteiger partial charge is 0.457 e. The highest BCUT2D eigenvalue weighted by molar-refractivity contribution is 5.99. The summed E-state index contributed by atoms with van der Waals surface area (Å²) in [7, 11) is 0. The highest BCUT2D eigenvalue weighted by atomic mass is 16.5. The summed E-state index contributed by atoms with van der Waals surface area (Å²) in [5.74, 6) is -1.63. The molecule has 1 rings (SSSR count). The molecule has 28 heavy (non-hydrogen) atoms. The minimum atomic E-state index is -0.829. The summed E-state index contributed by atoms with van der Waals surface area (Å²) in [6.45, 7) is 7.78. The van der Waals surface area contributed by atoms with Crippen molar-refractivity contribution >= 4 is 35.1 Å². The summed E-state index contributed by atoms with van der Waals surface area (Å²) < 4.78 is 5.34. The van der Waals surface area contributed by atoms with E-state index in [2.05, 4.69) is 16.0 Å². The molecule has 1 aromatic rings. The molecule has 0 saturated carbocycles. The van der Waals surface area contributed by atoms with Gasteiger partial charge in [-0.1, -0.05) is 19.9 Å². The molecule has 0 aliphatic rings. The van der Waals surface area contributed by atoms with Crippen LogP contribution in [0.3, 0.4) is 0 Å². The first-order valence-electron chi connectivity index (χ1n) is 8.92. The Kier molecular flexibility index (Phi) is 8.43. The molecule has 0 fully saturated rings. The summed E-state index contributed by atoms with van der Waals surface area (Å²) in [5, 5.41) is 7.47. The fourth-order valence-corrected chi connectivity index (χ4v) is 2.44. The van der Waals surface area contributed by atoms with Crippen LogP contribution in [0.5, 0.6) is 0 Å². The van der Waals surface area contributed by atoms with Gasteiger partial charge in [-0.3, -0.25) is 19.2 Å². The van der Waals surface area contributed by atoms with Crippen molar-refractivity contribution in [3.63, 3.8) is 0 Å². The van der Waals surface area contributed by atoms with Gasteiger partial charge in [-0.2, -0.15) is 0 Å². The van der Waals surface area contributed by atoms with Gasteiger partial charge in [0, 0.05) is 13.8 Å². The summed E-state index contributed by atoms with van der Waals surface area (Å²) >= 11 is 0. The van der Waals surface area contributed by atoms with Crippen LogP contribution < -0.4 is 21.7 Å². The first-order chi connectivity index (χ1) is 13.0. The molecule has 3 amide bonds. The number of nitrogens with one attached hydrogen (secondary N) is 3.